The molecule has 4 aromatic rings. The molecular formula is C23H18N2. The smallest absolute Gasteiger partial charge is 0.0796 e. The number of hydrogen-bond acceptors (Lipinski definition) is 2. The van der Waals surface area contributed by atoms with Crippen LogP contribution in [-0.4, -0.2) is 9.97 Å². The fraction of sp³-hybridized carbons (Fsp3) is 0.130. The summed E-state index contributed by atoms with van der Waals surface area (Å²) in [6.45, 7) is 4.61. The van der Waals surface area contributed by atoms with Crippen molar-refractivity contribution in [1.29, 1.82) is 0 Å². The molecule has 120 valence electrons. The number of hydrogen-bond donors (Lipinski definition) is 0. The lowest BCUT2D eigenvalue weighted by molar-refractivity contribution is 0.660. The van der Waals surface area contributed by atoms with Gasteiger partial charge in [0.1, 0.15) is 0 Å². The van der Waals surface area contributed by atoms with Crippen molar-refractivity contribution in [2.45, 2.75) is 19.3 Å². The summed E-state index contributed by atoms with van der Waals surface area (Å²) in [6, 6.07) is 21.5. The zero-order valence-corrected chi connectivity index (χ0v) is 14.3. The van der Waals surface area contributed by atoms with E-state index in [1.165, 1.54) is 22.3 Å². The Hall–Kier alpha value is -3.00. The minimum absolute atomic E-state index is 0.00473. The van der Waals surface area contributed by atoms with E-state index in [1.807, 2.05) is 24.5 Å². The van der Waals surface area contributed by atoms with Gasteiger partial charge in [0, 0.05) is 28.8 Å². The van der Waals surface area contributed by atoms with Crippen LogP contribution in [0.25, 0.3) is 33.3 Å². The Labute approximate surface area is 147 Å². The second-order valence-corrected chi connectivity index (χ2v) is 7.16. The summed E-state index contributed by atoms with van der Waals surface area (Å²) in [4.78, 5) is 9.12. The molecule has 5 rings (SSSR count). The molecule has 0 saturated heterocycles. The lowest BCUT2D eigenvalue weighted by Crippen LogP contribution is -2.14. The molecule has 0 bridgehead atoms. The van der Waals surface area contributed by atoms with Crippen molar-refractivity contribution in [3.8, 4) is 22.4 Å². The first-order chi connectivity index (χ1) is 12.2. The molecule has 2 aromatic carbocycles. The third kappa shape index (κ3) is 1.97. The lowest BCUT2D eigenvalue weighted by atomic mass is 9.82. The molecule has 0 atom stereocenters. The number of aromatic nitrogens is 2. The first-order valence-corrected chi connectivity index (χ1v) is 8.61. The highest BCUT2D eigenvalue weighted by Gasteiger charge is 2.35. The maximum absolute atomic E-state index is 4.66. The van der Waals surface area contributed by atoms with E-state index >= 15 is 0 Å². The molecule has 1 aliphatic carbocycles. The van der Waals surface area contributed by atoms with Gasteiger partial charge in [-0.1, -0.05) is 50.2 Å². The van der Waals surface area contributed by atoms with Gasteiger partial charge in [0.2, 0.25) is 0 Å². The predicted molar refractivity (Wildman–Crippen MR) is 103 cm³/mol. The van der Waals surface area contributed by atoms with Crippen molar-refractivity contribution in [3.63, 3.8) is 0 Å². The van der Waals surface area contributed by atoms with Gasteiger partial charge in [0.25, 0.3) is 0 Å². The fourth-order valence-electron chi connectivity index (χ4n) is 4.08. The van der Waals surface area contributed by atoms with Gasteiger partial charge in [0.15, 0.2) is 0 Å². The van der Waals surface area contributed by atoms with Crippen molar-refractivity contribution < 1.29 is 0 Å². The Morgan fingerprint density at radius 1 is 0.720 bits per heavy atom. The number of nitrogens with zero attached hydrogens (tertiary/aromatic N) is 2. The van der Waals surface area contributed by atoms with Crippen LogP contribution in [-0.2, 0) is 5.41 Å². The Kier molecular flexibility index (Phi) is 2.87. The highest BCUT2D eigenvalue weighted by Crippen LogP contribution is 2.49. The standard InChI is InChI=1S/C23H18N2/c1-23(2)19-8-4-3-6-16(19)17-10-9-15(14-20(17)23)22-18-7-5-12-24-21(18)11-13-25-22/h3-14H,1-2H3. The second kappa shape index (κ2) is 5.00. The summed E-state index contributed by atoms with van der Waals surface area (Å²) in [5, 5.41) is 1.10. The van der Waals surface area contributed by atoms with E-state index in [0.29, 0.717) is 0 Å². The van der Waals surface area contributed by atoms with Gasteiger partial charge in [-0.25, -0.2) is 0 Å². The maximum Gasteiger partial charge on any atom is 0.0796 e. The Balaban J connectivity index is 1.76. The van der Waals surface area contributed by atoms with Gasteiger partial charge in [0.05, 0.1) is 11.2 Å². The number of fused-ring (bicyclic) bond motifs is 4. The van der Waals surface area contributed by atoms with E-state index in [9.17, 15) is 0 Å². The Morgan fingerprint density at radius 3 is 2.48 bits per heavy atom. The van der Waals surface area contributed by atoms with E-state index in [2.05, 4.69) is 72.3 Å². The van der Waals surface area contributed by atoms with Crippen LogP contribution in [0.15, 0.2) is 73.1 Å². The fourth-order valence-corrected chi connectivity index (χ4v) is 4.08. The molecule has 2 aromatic heterocycles. The highest BCUT2D eigenvalue weighted by molar-refractivity contribution is 5.93. The van der Waals surface area contributed by atoms with E-state index in [4.69, 9.17) is 0 Å². The molecule has 0 N–H and O–H groups in total. The molecule has 2 heteroatoms. The Bertz CT molecular complexity index is 1120. The van der Waals surface area contributed by atoms with Crippen molar-refractivity contribution in [2.24, 2.45) is 0 Å². The third-order valence-electron chi connectivity index (χ3n) is 5.39. The zero-order chi connectivity index (χ0) is 17.0. The number of benzene rings is 2. The van der Waals surface area contributed by atoms with Crippen LogP contribution >= 0.6 is 0 Å². The molecule has 0 radical (unpaired) electrons. The van der Waals surface area contributed by atoms with Crippen molar-refractivity contribution in [2.75, 3.05) is 0 Å². The van der Waals surface area contributed by atoms with Crippen LogP contribution in [0.2, 0.25) is 0 Å². The minimum atomic E-state index is 0.00473. The molecular weight excluding hydrogens is 304 g/mol. The van der Waals surface area contributed by atoms with Crippen LogP contribution in [0, 0.1) is 0 Å². The quantitative estimate of drug-likeness (QED) is 0.455. The molecule has 0 unspecified atom stereocenters. The number of rotatable bonds is 1. The average Bonchev–Trinajstić information content (AvgIpc) is 2.89. The van der Waals surface area contributed by atoms with Gasteiger partial charge in [-0.2, -0.15) is 0 Å². The van der Waals surface area contributed by atoms with Crippen LogP contribution < -0.4 is 0 Å². The summed E-state index contributed by atoms with van der Waals surface area (Å²) in [5.41, 5.74) is 8.59. The molecule has 0 fully saturated rings. The number of pyridine rings is 2. The monoisotopic (exact) mass is 322 g/mol. The van der Waals surface area contributed by atoms with Crippen molar-refractivity contribution in [3.05, 3.63) is 84.2 Å². The largest absolute Gasteiger partial charge is 0.256 e. The summed E-state index contributed by atoms with van der Waals surface area (Å²) in [5.74, 6) is 0. The molecule has 1 aliphatic rings. The molecule has 0 aliphatic heterocycles. The van der Waals surface area contributed by atoms with Crippen LogP contribution in [0.1, 0.15) is 25.0 Å². The van der Waals surface area contributed by atoms with Gasteiger partial charge in [-0.05, 0) is 46.5 Å². The summed E-state index contributed by atoms with van der Waals surface area (Å²) in [6.07, 6.45) is 3.67. The minimum Gasteiger partial charge on any atom is -0.256 e. The second-order valence-electron chi connectivity index (χ2n) is 7.16. The molecule has 0 amide bonds. The van der Waals surface area contributed by atoms with Gasteiger partial charge >= 0.3 is 0 Å². The molecule has 2 nitrogen and oxygen atoms in total. The lowest BCUT2D eigenvalue weighted by Gasteiger charge is -2.22. The van der Waals surface area contributed by atoms with Gasteiger partial charge in [-0.3, -0.25) is 9.97 Å². The summed E-state index contributed by atoms with van der Waals surface area (Å²) >= 11 is 0. The van der Waals surface area contributed by atoms with E-state index < -0.39 is 0 Å². The molecule has 0 spiro atoms. The predicted octanol–water partition coefficient (Wildman–Crippen LogP) is 5.60. The van der Waals surface area contributed by atoms with Gasteiger partial charge in [-0.15, -0.1) is 0 Å². The van der Waals surface area contributed by atoms with Crippen molar-refractivity contribution >= 4 is 10.9 Å². The Morgan fingerprint density at radius 2 is 1.56 bits per heavy atom. The van der Waals surface area contributed by atoms with E-state index in [0.717, 1.165) is 22.2 Å². The normalized spacial score (nSPS) is 14.3. The highest BCUT2D eigenvalue weighted by atomic mass is 14.7. The molecule has 0 saturated carbocycles. The first-order valence-electron chi connectivity index (χ1n) is 8.61. The summed E-state index contributed by atoms with van der Waals surface area (Å²) < 4.78 is 0. The molecule has 25 heavy (non-hydrogen) atoms. The first kappa shape index (κ1) is 14.4. The topological polar surface area (TPSA) is 25.8 Å². The van der Waals surface area contributed by atoms with Gasteiger partial charge < -0.3 is 0 Å². The van der Waals surface area contributed by atoms with E-state index in [1.54, 1.807) is 0 Å². The molecule has 2 heterocycles. The average molecular weight is 322 g/mol. The zero-order valence-electron chi connectivity index (χ0n) is 14.3. The third-order valence-corrected chi connectivity index (χ3v) is 5.39. The summed E-state index contributed by atoms with van der Waals surface area (Å²) in [7, 11) is 0. The van der Waals surface area contributed by atoms with Crippen molar-refractivity contribution in [1.82, 2.24) is 9.97 Å². The van der Waals surface area contributed by atoms with Crippen LogP contribution in [0.3, 0.4) is 0 Å². The SMILES string of the molecule is CC1(C)c2ccccc2-c2ccc(-c3nccc4ncccc34)cc21. The maximum atomic E-state index is 4.66. The van der Waals surface area contributed by atoms with E-state index in [-0.39, 0.29) is 5.41 Å². The van der Waals surface area contributed by atoms with Crippen LogP contribution in [0.5, 0.6) is 0 Å². The van der Waals surface area contributed by atoms with Crippen LogP contribution in [0.4, 0.5) is 0 Å².